The van der Waals surface area contributed by atoms with Crippen molar-refractivity contribution in [1.82, 2.24) is 4.90 Å². The van der Waals surface area contributed by atoms with Crippen LogP contribution >= 0.6 is 0 Å². The van der Waals surface area contributed by atoms with Crippen LogP contribution in [0.5, 0.6) is 0 Å². The summed E-state index contributed by atoms with van der Waals surface area (Å²) in [6.45, 7) is 10.6. The van der Waals surface area contributed by atoms with E-state index in [2.05, 4.69) is 0 Å². The molecule has 1 saturated carbocycles. The van der Waals surface area contributed by atoms with Gasteiger partial charge in [-0.3, -0.25) is 14.4 Å². The van der Waals surface area contributed by atoms with E-state index in [1.807, 2.05) is 55.5 Å². The van der Waals surface area contributed by atoms with E-state index in [1.54, 1.807) is 40.7 Å². The molecular formula is C51H74FNO12. The number of allylic oxidation sites excluding steroid dienone is 3. The van der Waals surface area contributed by atoms with E-state index in [-0.39, 0.29) is 50.0 Å². The largest absolute Gasteiger partial charge is 0.456 e. The minimum atomic E-state index is -2.62. The molecule has 2 saturated heterocycles. The molecule has 3 fully saturated rings. The summed E-state index contributed by atoms with van der Waals surface area (Å²) >= 11 is 0. The van der Waals surface area contributed by atoms with Gasteiger partial charge in [0.05, 0.1) is 37.1 Å². The SMILES string of the molecule is CCC1/C=C(\C)C(F)C(C)CC(OC)C2OC(O)(C(=O)C(=O)N3CCCCC3C(=O)OC(C(C)=CC3CCC(OCC=Cc4ccccc4)C(O)C3)C(C)C(O)CC1=O)C(C)CC2OC. The van der Waals surface area contributed by atoms with Gasteiger partial charge in [-0.15, -0.1) is 0 Å². The fraction of sp³-hybridized carbons (Fsp3) is 0.686. The Morgan fingerprint density at radius 2 is 1.63 bits per heavy atom. The van der Waals surface area contributed by atoms with Crippen LogP contribution in [-0.4, -0.2) is 132 Å². The lowest BCUT2D eigenvalue weighted by molar-refractivity contribution is -0.302. The fourth-order valence-electron chi connectivity index (χ4n) is 10.2. The van der Waals surface area contributed by atoms with Crippen molar-refractivity contribution in [3.8, 4) is 0 Å². The van der Waals surface area contributed by atoms with Gasteiger partial charge in [-0.25, -0.2) is 9.18 Å². The third-order valence-electron chi connectivity index (χ3n) is 14.3. The molecule has 1 amide bonds. The van der Waals surface area contributed by atoms with Crippen LogP contribution in [0.2, 0.25) is 0 Å². The molecule has 362 valence electrons. The minimum Gasteiger partial charge on any atom is -0.456 e. The highest BCUT2D eigenvalue weighted by atomic mass is 19.1. The van der Waals surface area contributed by atoms with Crippen LogP contribution in [0.3, 0.4) is 0 Å². The first-order chi connectivity index (χ1) is 30.9. The van der Waals surface area contributed by atoms with Gasteiger partial charge in [0.1, 0.15) is 30.2 Å². The zero-order valence-corrected chi connectivity index (χ0v) is 39.6. The Hall–Kier alpha value is -3.63. The van der Waals surface area contributed by atoms with Crippen LogP contribution in [0.15, 0.2) is 59.7 Å². The number of halogens is 1. The average Bonchev–Trinajstić information content (AvgIpc) is 3.30. The monoisotopic (exact) mass is 912 g/mol. The number of aliphatic hydroxyl groups excluding tert-OH is 2. The van der Waals surface area contributed by atoms with Crippen LogP contribution in [0, 0.1) is 29.6 Å². The number of hydrogen-bond donors (Lipinski definition) is 3. The normalized spacial score (nSPS) is 38.7. The summed E-state index contributed by atoms with van der Waals surface area (Å²) in [6, 6.07) is 8.65. The van der Waals surface area contributed by atoms with Gasteiger partial charge in [0, 0.05) is 44.9 Å². The molecule has 5 rings (SSSR count). The maximum Gasteiger partial charge on any atom is 0.329 e. The molecule has 13 nitrogen and oxygen atoms in total. The van der Waals surface area contributed by atoms with Crippen LogP contribution in [0.1, 0.15) is 111 Å². The van der Waals surface area contributed by atoms with Crippen molar-refractivity contribution < 1.29 is 62.6 Å². The van der Waals surface area contributed by atoms with Crippen LogP contribution in [0.25, 0.3) is 6.08 Å². The molecule has 3 heterocycles. The molecule has 65 heavy (non-hydrogen) atoms. The number of carbonyl (C=O) groups is 4. The Morgan fingerprint density at radius 1 is 0.938 bits per heavy atom. The molecular weight excluding hydrogens is 838 g/mol. The highest BCUT2D eigenvalue weighted by molar-refractivity contribution is 6.39. The summed E-state index contributed by atoms with van der Waals surface area (Å²) in [6.07, 6.45) is 2.91. The van der Waals surface area contributed by atoms with Crippen molar-refractivity contribution in [2.24, 2.45) is 29.6 Å². The Bertz CT molecular complexity index is 1850. The second kappa shape index (κ2) is 23.9. The van der Waals surface area contributed by atoms with E-state index in [0.717, 1.165) is 10.5 Å². The van der Waals surface area contributed by atoms with E-state index in [4.69, 9.17) is 23.7 Å². The third-order valence-corrected chi connectivity index (χ3v) is 14.3. The Morgan fingerprint density at radius 3 is 2.29 bits per heavy atom. The molecule has 0 aromatic heterocycles. The van der Waals surface area contributed by atoms with E-state index in [1.165, 1.54) is 14.2 Å². The number of benzene rings is 1. The van der Waals surface area contributed by atoms with Gasteiger partial charge in [-0.1, -0.05) is 82.3 Å². The summed E-state index contributed by atoms with van der Waals surface area (Å²) in [7, 11) is 2.88. The van der Waals surface area contributed by atoms with Gasteiger partial charge in [-0.2, -0.15) is 0 Å². The number of ketones is 2. The van der Waals surface area contributed by atoms with Gasteiger partial charge in [-0.05, 0) is 100 Å². The molecule has 15 atom stereocenters. The maximum absolute atomic E-state index is 16.3. The summed E-state index contributed by atoms with van der Waals surface area (Å²) in [4.78, 5) is 58.1. The molecule has 14 heteroatoms. The topological polar surface area (TPSA) is 178 Å². The Kier molecular flexibility index (Phi) is 19.2. The van der Waals surface area contributed by atoms with E-state index in [9.17, 15) is 34.5 Å². The van der Waals surface area contributed by atoms with Crippen molar-refractivity contribution in [1.29, 1.82) is 0 Å². The fourth-order valence-corrected chi connectivity index (χ4v) is 10.2. The zero-order chi connectivity index (χ0) is 47.6. The molecule has 2 bridgehead atoms. The average molecular weight is 912 g/mol. The number of fused-ring (bicyclic) bond motifs is 3. The van der Waals surface area contributed by atoms with Gasteiger partial charge in [0.15, 0.2) is 0 Å². The van der Waals surface area contributed by atoms with Crippen LogP contribution in [0.4, 0.5) is 4.39 Å². The number of methoxy groups -OCH3 is 2. The third kappa shape index (κ3) is 12.9. The smallest absolute Gasteiger partial charge is 0.329 e. The highest BCUT2D eigenvalue weighted by Gasteiger charge is 2.57. The number of esters is 1. The van der Waals surface area contributed by atoms with Gasteiger partial charge >= 0.3 is 5.97 Å². The number of amides is 1. The number of piperidine rings is 1. The minimum absolute atomic E-state index is 0.0389. The first-order valence-corrected chi connectivity index (χ1v) is 23.7. The number of cyclic esters (lactones) is 1. The number of Topliss-reactive ketones (excluding diaryl/α,β-unsaturated/α-hetero) is 2. The molecule has 1 aromatic carbocycles. The van der Waals surface area contributed by atoms with Crippen molar-refractivity contribution in [3.63, 3.8) is 0 Å². The van der Waals surface area contributed by atoms with Gasteiger partial charge in [0.2, 0.25) is 5.79 Å². The number of nitrogens with zero attached hydrogens (tertiary/aromatic N) is 1. The number of carbonyl (C=O) groups excluding carboxylic acids is 4. The summed E-state index contributed by atoms with van der Waals surface area (Å²) in [5.74, 6) is -9.30. The van der Waals surface area contributed by atoms with Crippen molar-refractivity contribution in [2.45, 2.75) is 166 Å². The molecule has 15 unspecified atom stereocenters. The lowest BCUT2D eigenvalue weighted by atomic mass is 9.81. The van der Waals surface area contributed by atoms with E-state index < -0.39 is 96.0 Å². The van der Waals surface area contributed by atoms with Crippen molar-refractivity contribution >= 4 is 29.5 Å². The number of rotatable bonds is 9. The van der Waals surface area contributed by atoms with Crippen LogP contribution in [-0.2, 0) is 42.9 Å². The molecule has 1 aromatic rings. The van der Waals surface area contributed by atoms with E-state index in [0.29, 0.717) is 56.3 Å². The van der Waals surface area contributed by atoms with Crippen molar-refractivity contribution in [3.05, 3.63) is 65.3 Å². The summed E-state index contributed by atoms with van der Waals surface area (Å²) in [5, 5.41) is 35.0. The van der Waals surface area contributed by atoms with Crippen LogP contribution < -0.4 is 0 Å². The molecule has 4 aliphatic rings. The lowest BCUT2D eigenvalue weighted by Gasteiger charge is -2.47. The van der Waals surface area contributed by atoms with Gasteiger partial charge in [0.25, 0.3) is 11.7 Å². The second-order valence-electron chi connectivity index (χ2n) is 19.0. The quantitative estimate of drug-likeness (QED) is 0.139. The molecule has 3 aliphatic heterocycles. The first kappa shape index (κ1) is 52.3. The summed E-state index contributed by atoms with van der Waals surface area (Å²) in [5.41, 5.74) is 1.96. The maximum atomic E-state index is 16.3. The predicted octanol–water partition coefficient (Wildman–Crippen LogP) is 6.50. The zero-order valence-electron chi connectivity index (χ0n) is 39.6. The number of alkyl halides is 1. The molecule has 0 spiro atoms. The first-order valence-electron chi connectivity index (χ1n) is 23.7. The molecule has 3 N–H and O–H groups in total. The van der Waals surface area contributed by atoms with Crippen molar-refractivity contribution in [2.75, 3.05) is 27.4 Å². The summed E-state index contributed by atoms with van der Waals surface area (Å²) < 4.78 is 46.4. The number of hydrogen-bond acceptors (Lipinski definition) is 12. The van der Waals surface area contributed by atoms with E-state index >= 15 is 4.39 Å². The Labute approximate surface area is 384 Å². The standard InChI is InChI=1S/C51H74FNO12/c1-9-37-25-30(2)45(52)31(3)26-43(61-7)47-44(62-8)27-33(5)51(60,65-47)48(57)49(58)53-22-14-13-19-38(53)50(59)64-46(34(6)39(54)29-40(37)55)32(4)24-36-20-21-42(41(56)28-36)63-23-15-18-35-16-11-10-12-17-35/h10-12,15-18,24-25,31,33-34,36-39,41-47,54,56,60H,9,13-14,19-23,26-29H2,1-8H3/b18-15?,30-25+,32-24?. The Balaban J connectivity index is 1.45. The van der Waals surface area contributed by atoms with Gasteiger partial charge < -0.3 is 43.9 Å². The highest BCUT2D eigenvalue weighted by Crippen LogP contribution is 2.39. The molecule has 1 aliphatic carbocycles. The number of aliphatic hydroxyl groups is 3. The molecule has 0 radical (unpaired) electrons. The number of ether oxygens (including phenoxy) is 5. The predicted molar refractivity (Wildman–Crippen MR) is 243 cm³/mol. The lowest BCUT2D eigenvalue weighted by Crippen LogP contribution is -2.64. The second-order valence-corrected chi connectivity index (χ2v) is 19.0.